The van der Waals surface area contributed by atoms with Crippen LogP contribution < -0.4 is 4.90 Å². The second-order valence-corrected chi connectivity index (χ2v) is 8.05. The second-order valence-electron chi connectivity index (χ2n) is 8.05. The van der Waals surface area contributed by atoms with Crippen molar-refractivity contribution < 1.29 is 4.79 Å². The Bertz CT molecular complexity index is 1080. The molecule has 0 spiro atoms. The van der Waals surface area contributed by atoms with Gasteiger partial charge in [-0.1, -0.05) is 19.8 Å². The van der Waals surface area contributed by atoms with Crippen LogP contribution >= 0.6 is 0 Å². The van der Waals surface area contributed by atoms with Crippen LogP contribution in [0.3, 0.4) is 0 Å². The number of nitrogens with zero attached hydrogens (tertiary/aromatic N) is 9. The third-order valence-corrected chi connectivity index (χ3v) is 5.97. The number of anilines is 1. The van der Waals surface area contributed by atoms with E-state index in [9.17, 15) is 4.79 Å². The fraction of sp³-hybridized carbons (Fsp3) is 0.500. The maximum absolute atomic E-state index is 12.2. The van der Waals surface area contributed by atoms with Crippen molar-refractivity contribution in [1.82, 2.24) is 39.4 Å². The lowest BCUT2D eigenvalue weighted by Crippen LogP contribution is -2.42. The number of hydrogen-bond donors (Lipinski definition) is 0. The van der Waals surface area contributed by atoms with Crippen molar-refractivity contribution in [3.05, 3.63) is 36.3 Å². The summed E-state index contributed by atoms with van der Waals surface area (Å²) in [6, 6.07) is 2.23. The highest BCUT2D eigenvalue weighted by Gasteiger charge is 2.38. The van der Waals surface area contributed by atoms with Crippen molar-refractivity contribution in [3.63, 3.8) is 0 Å². The molecule has 156 valence electrons. The van der Waals surface area contributed by atoms with E-state index in [2.05, 4.69) is 32.1 Å². The number of carbonyl (C=O) groups is 1. The Morgan fingerprint density at radius 3 is 2.80 bits per heavy atom. The molecule has 0 N–H and O–H groups in total. The van der Waals surface area contributed by atoms with Crippen LogP contribution in [-0.2, 0) is 0 Å². The predicted octanol–water partition coefficient (Wildman–Crippen LogP) is 2.16. The first-order valence-corrected chi connectivity index (χ1v) is 10.4. The molecule has 1 atom stereocenters. The molecule has 5 rings (SSSR count). The van der Waals surface area contributed by atoms with Gasteiger partial charge < -0.3 is 9.80 Å². The minimum absolute atomic E-state index is 0.120. The quantitative estimate of drug-likeness (QED) is 0.654. The Kier molecular flexibility index (Phi) is 4.48. The van der Waals surface area contributed by atoms with E-state index in [1.807, 2.05) is 4.57 Å². The molecule has 30 heavy (non-hydrogen) atoms. The number of hydrogen-bond acceptors (Lipinski definition) is 7. The molecule has 2 aliphatic rings. The Morgan fingerprint density at radius 1 is 1.27 bits per heavy atom. The van der Waals surface area contributed by atoms with Crippen LogP contribution in [0.2, 0.25) is 0 Å². The number of aromatic nitrogens is 7. The summed E-state index contributed by atoms with van der Waals surface area (Å²) in [5, 5.41) is 13.0. The first-order chi connectivity index (χ1) is 14.6. The van der Waals surface area contributed by atoms with Crippen molar-refractivity contribution >= 4 is 11.7 Å². The zero-order chi connectivity index (χ0) is 20.8. The van der Waals surface area contributed by atoms with Crippen LogP contribution in [0.15, 0.2) is 24.8 Å². The minimum atomic E-state index is -0.153. The van der Waals surface area contributed by atoms with E-state index in [0.29, 0.717) is 17.7 Å². The molecule has 10 nitrogen and oxygen atoms in total. The van der Waals surface area contributed by atoms with Crippen molar-refractivity contribution in [2.24, 2.45) is 0 Å². The average Bonchev–Trinajstić information content (AvgIpc) is 3.52. The van der Waals surface area contributed by atoms with Gasteiger partial charge in [-0.25, -0.2) is 9.67 Å². The van der Waals surface area contributed by atoms with Crippen LogP contribution in [0.5, 0.6) is 0 Å². The summed E-state index contributed by atoms with van der Waals surface area (Å²) < 4.78 is 3.55. The first kappa shape index (κ1) is 18.7. The van der Waals surface area contributed by atoms with Gasteiger partial charge in [-0.05, 0) is 25.3 Å². The fourth-order valence-electron chi connectivity index (χ4n) is 4.52. The average molecular weight is 407 g/mol. The molecular formula is C20H25N9O. The van der Waals surface area contributed by atoms with Gasteiger partial charge in [0.1, 0.15) is 12.0 Å². The molecule has 1 amide bonds. The molecule has 0 bridgehead atoms. The Labute approximate surface area is 174 Å². The molecule has 1 aliphatic heterocycles. The Hall–Kier alpha value is -3.30. The highest BCUT2D eigenvalue weighted by Crippen LogP contribution is 2.42. The van der Waals surface area contributed by atoms with Gasteiger partial charge in [-0.15, -0.1) is 10.2 Å². The Morgan fingerprint density at radius 2 is 2.07 bits per heavy atom. The molecule has 1 fully saturated rings. The lowest BCUT2D eigenvalue weighted by atomic mass is 10.0. The summed E-state index contributed by atoms with van der Waals surface area (Å²) in [7, 11) is 3.41. The summed E-state index contributed by atoms with van der Waals surface area (Å²) in [6.45, 7) is 2.17. The van der Waals surface area contributed by atoms with Gasteiger partial charge in [0, 0.05) is 26.3 Å². The van der Waals surface area contributed by atoms with Crippen LogP contribution in [0, 0.1) is 0 Å². The zero-order valence-electron chi connectivity index (χ0n) is 17.4. The van der Waals surface area contributed by atoms with Crippen LogP contribution in [0.25, 0.3) is 11.6 Å². The highest BCUT2D eigenvalue weighted by molar-refractivity contribution is 5.91. The molecule has 0 radical (unpaired) electrons. The topological polar surface area (TPSA) is 97.9 Å². The molecule has 1 aliphatic carbocycles. The molecule has 0 aromatic carbocycles. The third kappa shape index (κ3) is 2.86. The molecule has 1 saturated carbocycles. The summed E-state index contributed by atoms with van der Waals surface area (Å²) in [5.41, 5.74) is 1.24. The Balaban J connectivity index is 1.61. The van der Waals surface area contributed by atoms with Gasteiger partial charge in [0.2, 0.25) is 0 Å². The third-order valence-electron chi connectivity index (χ3n) is 5.97. The molecule has 3 aromatic rings. The van der Waals surface area contributed by atoms with E-state index < -0.39 is 0 Å². The summed E-state index contributed by atoms with van der Waals surface area (Å²) in [5.74, 6) is 2.11. The fourth-order valence-corrected chi connectivity index (χ4v) is 4.52. The van der Waals surface area contributed by atoms with Gasteiger partial charge >= 0.3 is 0 Å². The van der Waals surface area contributed by atoms with Gasteiger partial charge in [0.25, 0.3) is 11.9 Å². The van der Waals surface area contributed by atoms with Gasteiger partial charge in [0.15, 0.2) is 17.3 Å². The van der Waals surface area contributed by atoms with E-state index in [1.165, 1.54) is 17.7 Å². The number of carbonyl (C=O) groups excluding carboxylic acids is 1. The number of amides is 1. The maximum atomic E-state index is 12.2. The van der Waals surface area contributed by atoms with E-state index in [-0.39, 0.29) is 11.9 Å². The highest BCUT2D eigenvalue weighted by atomic mass is 16.2. The monoisotopic (exact) mass is 407 g/mol. The second kappa shape index (κ2) is 7.19. The van der Waals surface area contributed by atoms with Gasteiger partial charge in [0.05, 0.1) is 12.2 Å². The van der Waals surface area contributed by atoms with E-state index >= 15 is 0 Å². The zero-order valence-corrected chi connectivity index (χ0v) is 17.4. The van der Waals surface area contributed by atoms with Crippen molar-refractivity contribution in [2.75, 3.05) is 19.0 Å². The minimum Gasteiger partial charge on any atom is -0.343 e. The van der Waals surface area contributed by atoms with Gasteiger partial charge in [-0.2, -0.15) is 10.1 Å². The normalized spacial score (nSPS) is 18.4. The smallest absolute Gasteiger partial charge is 0.273 e. The van der Waals surface area contributed by atoms with Crippen LogP contribution in [0.4, 0.5) is 5.82 Å². The largest absolute Gasteiger partial charge is 0.343 e. The molecule has 10 heteroatoms. The molecule has 0 saturated heterocycles. The standard InChI is InChI=1S/C20H25N9O/c1-4-15-18-24-22-12-27(18)16-11-21-20(23-17(16)29(15)13-7-5-6-8-13)28-10-9-14(25-28)19(30)26(2)3/h9-13,15H,4-8H2,1-3H3. The number of fused-ring (bicyclic) bond motifs is 3. The summed E-state index contributed by atoms with van der Waals surface area (Å²) in [6.07, 6.45) is 10.9. The van der Waals surface area contributed by atoms with Crippen molar-refractivity contribution in [3.8, 4) is 11.6 Å². The lowest BCUT2D eigenvalue weighted by molar-refractivity contribution is 0.0821. The van der Waals surface area contributed by atoms with Crippen LogP contribution in [-0.4, -0.2) is 65.5 Å². The summed E-state index contributed by atoms with van der Waals surface area (Å²) >= 11 is 0. The predicted molar refractivity (Wildman–Crippen MR) is 110 cm³/mol. The van der Waals surface area contributed by atoms with E-state index in [4.69, 9.17) is 4.98 Å². The van der Waals surface area contributed by atoms with E-state index in [0.717, 1.165) is 36.6 Å². The van der Waals surface area contributed by atoms with E-state index in [1.54, 1.807) is 43.6 Å². The SMILES string of the molecule is CCC1c2nncn2-c2cnc(-n3ccc(C(=O)N(C)C)n3)nc2N1C1CCCC1. The molecular weight excluding hydrogens is 382 g/mol. The summed E-state index contributed by atoms with van der Waals surface area (Å²) in [4.78, 5) is 25.6. The maximum Gasteiger partial charge on any atom is 0.273 e. The number of rotatable bonds is 4. The molecule has 3 aromatic heterocycles. The van der Waals surface area contributed by atoms with Gasteiger partial charge in [-0.3, -0.25) is 9.36 Å². The van der Waals surface area contributed by atoms with Crippen molar-refractivity contribution in [1.29, 1.82) is 0 Å². The molecule has 1 unspecified atom stereocenters. The lowest BCUT2D eigenvalue weighted by Gasteiger charge is -2.40. The van der Waals surface area contributed by atoms with Crippen LogP contribution in [0.1, 0.15) is 61.4 Å². The molecule has 4 heterocycles. The van der Waals surface area contributed by atoms with Crippen molar-refractivity contribution in [2.45, 2.75) is 51.1 Å². The first-order valence-electron chi connectivity index (χ1n) is 10.4.